The van der Waals surface area contributed by atoms with Gasteiger partial charge in [-0.1, -0.05) is 30.3 Å². The van der Waals surface area contributed by atoms with Crippen LogP contribution < -0.4 is 5.32 Å². The van der Waals surface area contributed by atoms with E-state index in [0.29, 0.717) is 37.6 Å². The summed E-state index contributed by atoms with van der Waals surface area (Å²) in [5.41, 5.74) is 1.78. The standard InChI is InChI=1S/C18H19N5O2/c24-18(7-4-10-25-12-15-5-2-1-3-6-15)22-16-8-9-17(20-11-16)23-14-19-13-21-23/h1-3,5-6,8-9,11,13-14H,4,7,10,12H2,(H,22,24). The first-order valence-corrected chi connectivity index (χ1v) is 8.04. The fourth-order valence-corrected chi connectivity index (χ4v) is 2.24. The van der Waals surface area contributed by atoms with Gasteiger partial charge in [-0.25, -0.2) is 14.6 Å². The predicted molar refractivity (Wildman–Crippen MR) is 93.1 cm³/mol. The summed E-state index contributed by atoms with van der Waals surface area (Å²) in [5, 5.41) is 6.82. The number of nitrogens with zero attached hydrogens (tertiary/aromatic N) is 4. The van der Waals surface area contributed by atoms with Crippen molar-refractivity contribution in [3.63, 3.8) is 0 Å². The molecule has 0 radical (unpaired) electrons. The minimum Gasteiger partial charge on any atom is -0.377 e. The Morgan fingerprint density at radius 1 is 1.16 bits per heavy atom. The maximum absolute atomic E-state index is 11.9. The van der Waals surface area contributed by atoms with Crippen molar-refractivity contribution < 1.29 is 9.53 Å². The summed E-state index contributed by atoms with van der Waals surface area (Å²) in [6, 6.07) is 13.5. The van der Waals surface area contributed by atoms with Crippen molar-refractivity contribution in [2.75, 3.05) is 11.9 Å². The number of anilines is 1. The SMILES string of the molecule is O=C(CCCOCc1ccccc1)Nc1ccc(-n2cncn2)nc1. The number of pyridine rings is 1. The van der Waals surface area contributed by atoms with E-state index >= 15 is 0 Å². The number of carbonyl (C=O) groups excluding carboxylic acids is 1. The molecule has 0 aliphatic heterocycles. The van der Waals surface area contributed by atoms with Gasteiger partial charge in [-0.2, -0.15) is 5.10 Å². The van der Waals surface area contributed by atoms with Crippen LogP contribution in [0.5, 0.6) is 0 Å². The van der Waals surface area contributed by atoms with E-state index in [1.807, 2.05) is 30.3 Å². The molecule has 7 nitrogen and oxygen atoms in total. The average Bonchev–Trinajstić information content (AvgIpc) is 3.18. The Balaban J connectivity index is 1.36. The van der Waals surface area contributed by atoms with Gasteiger partial charge >= 0.3 is 0 Å². The summed E-state index contributed by atoms with van der Waals surface area (Å²) in [6.07, 6.45) is 5.68. The van der Waals surface area contributed by atoms with E-state index < -0.39 is 0 Å². The number of ether oxygens (including phenoxy) is 1. The topological polar surface area (TPSA) is 81.9 Å². The molecule has 0 aliphatic carbocycles. The Labute approximate surface area is 145 Å². The zero-order valence-corrected chi connectivity index (χ0v) is 13.7. The summed E-state index contributed by atoms with van der Waals surface area (Å²) < 4.78 is 7.12. The van der Waals surface area contributed by atoms with Gasteiger partial charge < -0.3 is 10.1 Å². The monoisotopic (exact) mass is 337 g/mol. The van der Waals surface area contributed by atoms with Gasteiger partial charge in [0.15, 0.2) is 5.82 Å². The van der Waals surface area contributed by atoms with E-state index in [4.69, 9.17) is 4.74 Å². The molecule has 1 N–H and O–H groups in total. The largest absolute Gasteiger partial charge is 0.377 e. The number of hydrogen-bond donors (Lipinski definition) is 1. The van der Waals surface area contributed by atoms with E-state index in [1.54, 1.807) is 29.3 Å². The lowest BCUT2D eigenvalue weighted by Gasteiger charge is -2.07. The second kappa shape index (κ2) is 8.70. The number of aromatic nitrogens is 4. The minimum atomic E-state index is -0.0568. The third-order valence-electron chi connectivity index (χ3n) is 3.49. The van der Waals surface area contributed by atoms with Crippen LogP contribution in [0.15, 0.2) is 61.3 Å². The summed E-state index contributed by atoms with van der Waals surface area (Å²) in [5.74, 6) is 0.587. The highest BCUT2D eigenvalue weighted by Crippen LogP contribution is 2.09. The van der Waals surface area contributed by atoms with Gasteiger partial charge in [0.1, 0.15) is 12.7 Å². The molecule has 0 aliphatic rings. The van der Waals surface area contributed by atoms with Crippen molar-refractivity contribution >= 4 is 11.6 Å². The number of hydrogen-bond acceptors (Lipinski definition) is 5. The smallest absolute Gasteiger partial charge is 0.224 e. The second-order valence-corrected chi connectivity index (χ2v) is 5.44. The van der Waals surface area contributed by atoms with Crippen LogP contribution in [0.3, 0.4) is 0 Å². The Kier molecular flexibility index (Phi) is 5.84. The minimum absolute atomic E-state index is 0.0568. The van der Waals surface area contributed by atoms with Crippen molar-refractivity contribution in [3.8, 4) is 5.82 Å². The van der Waals surface area contributed by atoms with Gasteiger partial charge in [0.05, 0.1) is 18.5 Å². The van der Waals surface area contributed by atoms with Crippen molar-refractivity contribution in [1.29, 1.82) is 0 Å². The lowest BCUT2D eigenvalue weighted by molar-refractivity contribution is -0.116. The lowest BCUT2D eigenvalue weighted by atomic mass is 10.2. The molecule has 0 saturated heterocycles. The molecule has 128 valence electrons. The predicted octanol–water partition coefficient (Wildman–Crippen LogP) is 2.60. The molecule has 0 atom stereocenters. The van der Waals surface area contributed by atoms with Crippen LogP contribution in [0.4, 0.5) is 5.69 Å². The molecule has 3 rings (SSSR count). The fraction of sp³-hybridized carbons (Fsp3) is 0.222. The van der Waals surface area contributed by atoms with Crippen molar-refractivity contribution in [2.45, 2.75) is 19.4 Å². The molecule has 1 aromatic carbocycles. The molecule has 0 fully saturated rings. The maximum atomic E-state index is 11.9. The molecule has 0 saturated carbocycles. The fourth-order valence-electron chi connectivity index (χ4n) is 2.24. The van der Waals surface area contributed by atoms with Gasteiger partial charge in [-0.05, 0) is 24.1 Å². The van der Waals surface area contributed by atoms with Crippen molar-refractivity contribution in [1.82, 2.24) is 19.7 Å². The van der Waals surface area contributed by atoms with Gasteiger partial charge in [-0.15, -0.1) is 0 Å². The molecule has 1 amide bonds. The van der Waals surface area contributed by atoms with Crippen LogP contribution in [-0.2, 0) is 16.1 Å². The average molecular weight is 337 g/mol. The molecule has 0 bridgehead atoms. The lowest BCUT2D eigenvalue weighted by Crippen LogP contribution is -2.12. The van der Waals surface area contributed by atoms with Crippen LogP contribution in [0, 0.1) is 0 Å². The third-order valence-corrected chi connectivity index (χ3v) is 3.49. The molecule has 7 heteroatoms. The first kappa shape index (κ1) is 16.8. The van der Waals surface area contributed by atoms with Crippen LogP contribution >= 0.6 is 0 Å². The van der Waals surface area contributed by atoms with Crippen LogP contribution in [-0.4, -0.2) is 32.3 Å². The van der Waals surface area contributed by atoms with Crippen LogP contribution in [0.1, 0.15) is 18.4 Å². The van der Waals surface area contributed by atoms with E-state index in [0.717, 1.165) is 5.56 Å². The first-order chi connectivity index (χ1) is 12.3. The van der Waals surface area contributed by atoms with E-state index in [2.05, 4.69) is 20.4 Å². The highest BCUT2D eigenvalue weighted by atomic mass is 16.5. The highest BCUT2D eigenvalue weighted by molar-refractivity contribution is 5.90. The van der Waals surface area contributed by atoms with E-state index in [9.17, 15) is 4.79 Å². The molecular weight excluding hydrogens is 318 g/mol. The second-order valence-electron chi connectivity index (χ2n) is 5.44. The van der Waals surface area contributed by atoms with Gasteiger partial charge in [0.25, 0.3) is 0 Å². The molecule has 2 aromatic heterocycles. The number of carbonyl (C=O) groups is 1. The van der Waals surface area contributed by atoms with Crippen LogP contribution in [0.2, 0.25) is 0 Å². The van der Waals surface area contributed by atoms with E-state index in [1.165, 1.54) is 6.33 Å². The number of nitrogens with one attached hydrogen (secondary N) is 1. The number of amides is 1. The number of benzene rings is 1. The van der Waals surface area contributed by atoms with Gasteiger partial charge in [-0.3, -0.25) is 4.79 Å². The van der Waals surface area contributed by atoms with Gasteiger partial charge in [0.2, 0.25) is 5.91 Å². The Bertz CT molecular complexity index is 773. The normalized spacial score (nSPS) is 10.6. The zero-order valence-electron chi connectivity index (χ0n) is 13.7. The Hall–Kier alpha value is -3.06. The summed E-state index contributed by atoms with van der Waals surface area (Å²) >= 11 is 0. The van der Waals surface area contributed by atoms with Gasteiger partial charge in [0, 0.05) is 13.0 Å². The highest BCUT2D eigenvalue weighted by Gasteiger charge is 2.04. The van der Waals surface area contributed by atoms with E-state index in [-0.39, 0.29) is 5.91 Å². The Morgan fingerprint density at radius 3 is 2.76 bits per heavy atom. The zero-order chi connectivity index (χ0) is 17.3. The summed E-state index contributed by atoms with van der Waals surface area (Å²) in [4.78, 5) is 20.0. The molecular formula is C18H19N5O2. The quantitative estimate of drug-likeness (QED) is 0.639. The number of rotatable bonds is 8. The molecule has 2 heterocycles. The first-order valence-electron chi connectivity index (χ1n) is 8.04. The third kappa shape index (κ3) is 5.22. The van der Waals surface area contributed by atoms with Crippen molar-refractivity contribution in [2.24, 2.45) is 0 Å². The Morgan fingerprint density at radius 2 is 2.04 bits per heavy atom. The molecule has 3 aromatic rings. The molecule has 25 heavy (non-hydrogen) atoms. The van der Waals surface area contributed by atoms with Crippen molar-refractivity contribution in [3.05, 3.63) is 66.9 Å². The van der Waals surface area contributed by atoms with Crippen LogP contribution in [0.25, 0.3) is 5.82 Å². The molecule has 0 unspecified atom stereocenters. The summed E-state index contributed by atoms with van der Waals surface area (Å²) in [7, 11) is 0. The maximum Gasteiger partial charge on any atom is 0.224 e. The summed E-state index contributed by atoms with van der Waals surface area (Å²) in [6.45, 7) is 1.11. The molecule has 0 spiro atoms.